The highest BCUT2D eigenvalue weighted by Gasteiger charge is 2.31. The van der Waals surface area contributed by atoms with E-state index in [0.29, 0.717) is 35.1 Å². The summed E-state index contributed by atoms with van der Waals surface area (Å²) in [6.07, 6.45) is 10.1. The smallest absolute Gasteiger partial charge is 0.323 e. The number of benzene rings is 2. The zero-order valence-electron chi connectivity index (χ0n) is 25.3. The molecular weight excluding hydrogens is 576 g/mol. The zero-order chi connectivity index (χ0) is 31.9. The minimum atomic E-state index is -0.190. The van der Waals surface area contributed by atoms with E-state index in [1.54, 1.807) is 46.2 Å². The fourth-order valence-electron chi connectivity index (χ4n) is 5.70. The molecule has 1 aliphatic carbocycles. The minimum absolute atomic E-state index is 0.0540. The lowest BCUT2D eigenvalue weighted by atomic mass is 9.90. The van der Waals surface area contributed by atoms with Crippen LogP contribution in [0.4, 0.5) is 16.6 Å². The van der Waals surface area contributed by atoms with E-state index in [0.717, 1.165) is 47.9 Å². The van der Waals surface area contributed by atoms with Crippen molar-refractivity contribution in [1.82, 2.24) is 30.0 Å². The third-order valence-electron chi connectivity index (χ3n) is 8.13. The Balaban J connectivity index is 1.16. The van der Waals surface area contributed by atoms with Crippen LogP contribution >= 0.6 is 0 Å². The van der Waals surface area contributed by atoms with E-state index < -0.39 is 0 Å². The van der Waals surface area contributed by atoms with Crippen molar-refractivity contribution in [3.63, 3.8) is 0 Å². The van der Waals surface area contributed by atoms with Gasteiger partial charge >= 0.3 is 6.03 Å². The number of nitriles is 2. The fraction of sp³-hybridized carbons (Fsp3) is 0.229. The maximum atomic E-state index is 13.7. The molecule has 11 heteroatoms. The Kier molecular flexibility index (Phi) is 8.93. The van der Waals surface area contributed by atoms with Crippen molar-refractivity contribution in [1.29, 1.82) is 10.5 Å². The van der Waals surface area contributed by atoms with E-state index in [2.05, 4.69) is 37.8 Å². The van der Waals surface area contributed by atoms with Crippen molar-refractivity contribution >= 4 is 17.8 Å². The molecule has 0 atom stereocenters. The average molecular weight is 609 g/mol. The van der Waals surface area contributed by atoms with Gasteiger partial charge in [-0.25, -0.2) is 19.7 Å². The first-order valence-electron chi connectivity index (χ1n) is 15.1. The van der Waals surface area contributed by atoms with Crippen LogP contribution in [0.1, 0.15) is 42.4 Å². The standard InChI is InChI=1S/C35H32N10O/c1-44-23-29(22-41-44)27-11-16-32(38-20-27)45(35(46)40-19-25-5-3-2-4-6-25)31-14-12-30(13-15-31)42-34-39-21-28(18-37)33(43-34)26-9-7-24(17-36)8-10-26/h2-11,16,20-23,30-31H,12-15,19H2,1H3,(H,40,46)(H,39,42,43)/t30-,31-. The van der Waals surface area contributed by atoms with E-state index >= 15 is 0 Å². The van der Waals surface area contributed by atoms with Crippen LogP contribution in [0.25, 0.3) is 22.4 Å². The molecule has 3 aromatic heterocycles. The molecule has 0 radical (unpaired) electrons. The molecule has 0 spiro atoms. The molecule has 2 N–H and O–H groups in total. The molecule has 1 aliphatic rings. The molecule has 2 amide bonds. The molecule has 46 heavy (non-hydrogen) atoms. The SMILES string of the molecule is Cn1cc(-c2ccc(N(C(=O)NCc3ccccc3)[C@H]3CC[C@H](Nc4ncc(C#N)c(-c5ccc(C#N)cc5)n4)CC3)nc2)cn1. The number of aryl methyl sites for hydroxylation is 1. The summed E-state index contributed by atoms with van der Waals surface area (Å²) in [4.78, 5) is 29.3. The van der Waals surface area contributed by atoms with E-state index in [-0.39, 0.29) is 18.1 Å². The Bertz CT molecular complexity index is 1880. The van der Waals surface area contributed by atoms with Gasteiger partial charge in [0.1, 0.15) is 11.9 Å². The maximum absolute atomic E-state index is 13.7. The second kappa shape index (κ2) is 13.7. The highest BCUT2D eigenvalue weighted by molar-refractivity contribution is 5.91. The predicted octanol–water partition coefficient (Wildman–Crippen LogP) is 5.82. The van der Waals surface area contributed by atoms with Crippen molar-refractivity contribution < 1.29 is 4.79 Å². The number of rotatable bonds is 8. The number of hydrogen-bond acceptors (Lipinski definition) is 8. The number of nitrogens with one attached hydrogen (secondary N) is 2. The summed E-state index contributed by atoms with van der Waals surface area (Å²) in [7, 11) is 1.87. The van der Waals surface area contributed by atoms with Gasteiger partial charge in [-0.2, -0.15) is 15.6 Å². The molecule has 228 valence electrons. The maximum Gasteiger partial charge on any atom is 0.323 e. The second-order valence-electron chi connectivity index (χ2n) is 11.2. The highest BCUT2D eigenvalue weighted by Crippen LogP contribution is 2.30. The molecule has 0 aliphatic heterocycles. The van der Waals surface area contributed by atoms with Gasteiger partial charge in [-0.05, 0) is 55.5 Å². The summed E-state index contributed by atoms with van der Waals surface area (Å²) < 4.78 is 1.75. The van der Waals surface area contributed by atoms with Crippen LogP contribution < -0.4 is 15.5 Å². The average Bonchev–Trinajstić information content (AvgIpc) is 3.55. The minimum Gasteiger partial charge on any atom is -0.351 e. The van der Waals surface area contributed by atoms with Crippen molar-refractivity contribution in [3.8, 4) is 34.5 Å². The molecule has 1 saturated carbocycles. The van der Waals surface area contributed by atoms with Gasteiger partial charge in [0.2, 0.25) is 5.95 Å². The first-order valence-corrected chi connectivity index (χ1v) is 15.1. The normalized spacial score (nSPS) is 15.7. The number of amides is 2. The van der Waals surface area contributed by atoms with E-state index in [1.165, 1.54) is 6.20 Å². The van der Waals surface area contributed by atoms with Gasteiger partial charge in [0.15, 0.2) is 0 Å². The van der Waals surface area contributed by atoms with Crippen LogP contribution in [0.15, 0.2) is 91.5 Å². The summed E-state index contributed by atoms with van der Waals surface area (Å²) in [6, 6.07) is 24.8. The lowest BCUT2D eigenvalue weighted by molar-refractivity contribution is 0.240. The molecule has 0 saturated heterocycles. The van der Waals surface area contributed by atoms with Crippen molar-refractivity contribution in [3.05, 3.63) is 108 Å². The second-order valence-corrected chi connectivity index (χ2v) is 11.2. The van der Waals surface area contributed by atoms with Crippen LogP contribution in [0.2, 0.25) is 0 Å². The Hall–Kier alpha value is -6.07. The summed E-state index contributed by atoms with van der Waals surface area (Å²) in [5.74, 6) is 1.03. The molecule has 6 rings (SSSR count). The molecule has 11 nitrogen and oxygen atoms in total. The molecular formula is C35H32N10O. The highest BCUT2D eigenvalue weighted by atomic mass is 16.2. The van der Waals surface area contributed by atoms with Crippen molar-refractivity contribution in [2.45, 2.75) is 44.3 Å². The third-order valence-corrected chi connectivity index (χ3v) is 8.13. The van der Waals surface area contributed by atoms with Crippen LogP contribution in [0, 0.1) is 22.7 Å². The number of hydrogen-bond donors (Lipinski definition) is 2. The molecule has 2 aromatic carbocycles. The predicted molar refractivity (Wildman–Crippen MR) is 174 cm³/mol. The lowest BCUT2D eigenvalue weighted by Gasteiger charge is -2.36. The third kappa shape index (κ3) is 6.85. The Morgan fingerprint density at radius 2 is 1.65 bits per heavy atom. The van der Waals surface area contributed by atoms with Gasteiger partial charge in [0, 0.05) is 54.8 Å². The zero-order valence-corrected chi connectivity index (χ0v) is 25.3. The van der Waals surface area contributed by atoms with E-state index in [1.807, 2.05) is 55.7 Å². The Morgan fingerprint density at radius 3 is 2.30 bits per heavy atom. The van der Waals surface area contributed by atoms with Gasteiger partial charge in [-0.1, -0.05) is 42.5 Å². The fourth-order valence-corrected chi connectivity index (χ4v) is 5.70. The molecule has 0 bridgehead atoms. The van der Waals surface area contributed by atoms with Crippen LogP contribution in [-0.4, -0.2) is 42.8 Å². The van der Waals surface area contributed by atoms with Gasteiger partial charge < -0.3 is 10.6 Å². The monoisotopic (exact) mass is 608 g/mol. The number of nitrogens with zero attached hydrogens (tertiary/aromatic N) is 8. The molecule has 5 aromatic rings. The number of carbonyl (C=O) groups is 1. The summed E-state index contributed by atoms with van der Waals surface area (Å²) in [5.41, 5.74) is 5.06. The van der Waals surface area contributed by atoms with Gasteiger partial charge in [-0.15, -0.1) is 0 Å². The van der Waals surface area contributed by atoms with Gasteiger partial charge in [-0.3, -0.25) is 9.58 Å². The van der Waals surface area contributed by atoms with Crippen LogP contribution in [-0.2, 0) is 13.6 Å². The van der Waals surface area contributed by atoms with E-state index in [4.69, 9.17) is 10.2 Å². The first kappa shape index (κ1) is 30.0. The summed E-state index contributed by atoms with van der Waals surface area (Å²) in [5, 5.41) is 29.6. The largest absolute Gasteiger partial charge is 0.351 e. The topological polar surface area (TPSA) is 148 Å². The van der Waals surface area contributed by atoms with Crippen molar-refractivity contribution in [2.24, 2.45) is 7.05 Å². The summed E-state index contributed by atoms with van der Waals surface area (Å²) >= 11 is 0. The number of anilines is 2. The van der Waals surface area contributed by atoms with E-state index in [9.17, 15) is 10.1 Å². The quantitative estimate of drug-likeness (QED) is 0.224. The molecule has 1 fully saturated rings. The lowest BCUT2D eigenvalue weighted by Crippen LogP contribution is -2.49. The Morgan fingerprint density at radius 1 is 0.891 bits per heavy atom. The van der Waals surface area contributed by atoms with Crippen molar-refractivity contribution in [2.75, 3.05) is 10.2 Å². The number of urea groups is 1. The number of pyridine rings is 1. The molecule has 3 heterocycles. The first-order chi connectivity index (χ1) is 22.5. The molecule has 0 unspecified atom stereocenters. The number of carbonyl (C=O) groups excluding carboxylic acids is 1. The van der Waals surface area contributed by atoms with Crippen LogP contribution in [0.3, 0.4) is 0 Å². The van der Waals surface area contributed by atoms with Gasteiger partial charge in [0.05, 0.1) is 35.3 Å². The van der Waals surface area contributed by atoms with Crippen LogP contribution in [0.5, 0.6) is 0 Å². The van der Waals surface area contributed by atoms with Gasteiger partial charge in [0.25, 0.3) is 0 Å². The summed E-state index contributed by atoms with van der Waals surface area (Å²) in [6.45, 7) is 0.415. The number of aromatic nitrogens is 5. The Labute approximate surface area is 267 Å².